The van der Waals surface area contributed by atoms with Gasteiger partial charge in [0.15, 0.2) is 0 Å². The van der Waals surface area contributed by atoms with Crippen molar-refractivity contribution in [1.82, 2.24) is 4.98 Å². The number of aromatic nitrogens is 1. The number of benzene rings is 6. The van der Waals surface area contributed by atoms with Crippen LogP contribution in [0.15, 0.2) is 131 Å². The Hall–Kier alpha value is -4.66. The standard InChI is InChI=1S/C39H25NS/c1-2-11-28-24(7-1)8-6-14-35(28)41-39-32-13-4-3-12-29(32)38(34-23-40-22-21-33(34)39)31-20-18-27-16-15-25-9-5-10-26-17-19-30(31)37(27)36(25)26/h1-8,10-15,17-23H,9,16H2. The SMILES string of the molecule is C1=Cc2ccc3c(-c4c5ccccc5c(Sc5cccc6ccccc56)c5ccncc45)ccc4c3c2C(=CC4)C1. The van der Waals surface area contributed by atoms with Crippen molar-refractivity contribution in [2.75, 3.05) is 0 Å². The molecule has 192 valence electrons. The molecule has 0 aliphatic heterocycles. The van der Waals surface area contributed by atoms with Crippen molar-refractivity contribution >= 4 is 66.5 Å². The van der Waals surface area contributed by atoms with Gasteiger partial charge in [-0.1, -0.05) is 115 Å². The number of fused-ring (bicyclic) bond motifs is 3. The summed E-state index contributed by atoms with van der Waals surface area (Å²) in [7, 11) is 0. The van der Waals surface area contributed by atoms with E-state index in [9.17, 15) is 0 Å². The van der Waals surface area contributed by atoms with E-state index in [0.717, 1.165) is 12.8 Å². The molecule has 9 rings (SSSR count). The summed E-state index contributed by atoms with van der Waals surface area (Å²) >= 11 is 1.87. The smallest absolute Gasteiger partial charge is 0.0353 e. The molecule has 2 aliphatic carbocycles. The van der Waals surface area contributed by atoms with Crippen molar-refractivity contribution in [3.05, 3.63) is 138 Å². The zero-order valence-electron chi connectivity index (χ0n) is 22.4. The van der Waals surface area contributed by atoms with Crippen LogP contribution in [0.25, 0.3) is 65.9 Å². The topological polar surface area (TPSA) is 12.9 Å². The molecule has 0 saturated heterocycles. The molecule has 1 aromatic heterocycles. The highest BCUT2D eigenvalue weighted by atomic mass is 32.2. The number of hydrogen-bond acceptors (Lipinski definition) is 2. The minimum atomic E-state index is 1.00. The summed E-state index contributed by atoms with van der Waals surface area (Å²) in [6, 6.07) is 35.8. The lowest BCUT2D eigenvalue weighted by atomic mass is 9.79. The fraction of sp³-hybridized carbons (Fsp3) is 0.0513. The first kappa shape index (κ1) is 23.1. The first-order valence-electron chi connectivity index (χ1n) is 14.2. The van der Waals surface area contributed by atoms with Gasteiger partial charge in [0.1, 0.15) is 0 Å². The molecule has 6 aromatic carbocycles. The van der Waals surface area contributed by atoms with Crippen LogP contribution in [0.5, 0.6) is 0 Å². The van der Waals surface area contributed by atoms with Crippen molar-refractivity contribution in [3.8, 4) is 11.1 Å². The van der Waals surface area contributed by atoms with Crippen LogP contribution >= 0.6 is 11.8 Å². The third-order valence-electron chi connectivity index (χ3n) is 8.83. The van der Waals surface area contributed by atoms with Crippen LogP contribution in [0.3, 0.4) is 0 Å². The molecule has 0 radical (unpaired) electrons. The maximum atomic E-state index is 4.67. The summed E-state index contributed by atoms with van der Waals surface area (Å²) in [6.07, 6.45) is 13.1. The summed E-state index contributed by atoms with van der Waals surface area (Å²) in [6.45, 7) is 0. The molecular weight excluding hydrogens is 515 g/mol. The fourth-order valence-electron chi connectivity index (χ4n) is 7.02. The van der Waals surface area contributed by atoms with Gasteiger partial charge in [-0.15, -0.1) is 0 Å². The van der Waals surface area contributed by atoms with E-state index in [4.69, 9.17) is 0 Å². The Labute approximate surface area is 242 Å². The molecule has 0 unspecified atom stereocenters. The lowest BCUT2D eigenvalue weighted by molar-refractivity contribution is 1.23. The van der Waals surface area contributed by atoms with Gasteiger partial charge in [0.25, 0.3) is 0 Å². The van der Waals surface area contributed by atoms with Gasteiger partial charge >= 0.3 is 0 Å². The lowest BCUT2D eigenvalue weighted by Gasteiger charge is -2.25. The van der Waals surface area contributed by atoms with Gasteiger partial charge in [-0.05, 0) is 96.1 Å². The van der Waals surface area contributed by atoms with Crippen LogP contribution in [0, 0.1) is 0 Å². The van der Waals surface area contributed by atoms with Gasteiger partial charge in [-0.25, -0.2) is 0 Å². The minimum Gasteiger partial charge on any atom is -0.264 e. The molecule has 0 spiro atoms. The average molecular weight is 540 g/mol. The molecule has 0 atom stereocenters. The first-order chi connectivity index (χ1) is 20.3. The van der Waals surface area contributed by atoms with Gasteiger partial charge in [-0.2, -0.15) is 0 Å². The predicted octanol–water partition coefficient (Wildman–Crippen LogP) is 10.9. The number of allylic oxidation sites excluding steroid dienone is 3. The second-order valence-corrected chi connectivity index (χ2v) is 12.1. The quantitative estimate of drug-likeness (QED) is 0.207. The largest absolute Gasteiger partial charge is 0.264 e. The van der Waals surface area contributed by atoms with Crippen LogP contribution in [-0.4, -0.2) is 4.98 Å². The van der Waals surface area contributed by atoms with Crippen molar-refractivity contribution in [2.45, 2.75) is 22.6 Å². The molecule has 1 nitrogen and oxygen atoms in total. The van der Waals surface area contributed by atoms with Crippen molar-refractivity contribution in [2.24, 2.45) is 0 Å². The summed E-state index contributed by atoms with van der Waals surface area (Å²) in [5, 5.41) is 10.3. The normalized spacial score (nSPS) is 13.8. The zero-order valence-corrected chi connectivity index (χ0v) is 23.2. The zero-order chi connectivity index (χ0) is 26.9. The van der Waals surface area contributed by atoms with Gasteiger partial charge in [-0.3, -0.25) is 4.98 Å². The van der Waals surface area contributed by atoms with Crippen LogP contribution in [-0.2, 0) is 6.42 Å². The molecule has 7 aromatic rings. The first-order valence-corrected chi connectivity index (χ1v) is 15.1. The second kappa shape index (κ2) is 8.92. The Bertz CT molecular complexity index is 2230. The molecule has 2 heteroatoms. The molecule has 0 saturated carbocycles. The van der Waals surface area contributed by atoms with Crippen LogP contribution in [0.2, 0.25) is 0 Å². The highest BCUT2D eigenvalue weighted by Crippen LogP contribution is 2.49. The Morgan fingerprint density at radius 3 is 2.39 bits per heavy atom. The number of hydrogen-bond donors (Lipinski definition) is 0. The number of rotatable bonds is 3. The lowest BCUT2D eigenvalue weighted by Crippen LogP contribution is -2.04. The monoisotopic (exact) mass is 539 g/mol. The third-order valence-corrected chi connectivity index (χ3v) is 10.1. The van der Waals surface area contributed by atoms with Crippen LogP contribution in [0.4, 0.5) is 0 Å². The molecule has 0 N–H and O–H groups in total. The highest BCUT2D eigenvalue weighted by Gasteiger charge is 2.23. The van der Waals surface area contributed by atoms with E-state index < -0.39 is 0 Å². The van der Waals surface area contributed by atoms with E-state index in [1.165, 1.54) is 86.3 Å². The molecule has 0 fully saturated rings. The van der Waals surface area contributed by atoms with Gasteiger partial charge < -0.3 is 0 Å². The van der Waals surface area contributed by atoms with Crippen molar-refractivity contribution in [1.29, 1.82) is 0 Å². The van der Waals surface area contributed by atoms with E-state index in [2.05, 4.69) is 126 Å². The molecular formula is C39H25NS. The van der Waals surface area contributed by atoms with Gasteiger partial charge in [0.05, 0.1) is 0 Å². The highest BCUT2D eigenvalue weighted by molar-refractivity contribution is 8.00. The van der Waals surface area contributed by atoms with E-state index in [1.807, 2.05) is 18.0 Å². The predicted molar refractivity (Wildman–Crippen MR) is 176 cm³/mol. The van der Waals surface area contributed by atoms with Crippen molar-refractivity contribution < 1.29 is 0 Å². The van der Waals surface area contributed by atoms with Gasteiger partial charge in [0, 0.05) is 27.6 Å². The Morgan fingerprint density at radius 2 is 1.44 bits per heavy atom. The summed E-state index contributed by atoms with van der Waals surface area (Å²) in [5.74, 6) is 0. The summed E-state index contributed by atoms with van der Waals surface area (Å²) < 4.78 is 0. The maximum absolute atomic E-state index is 4.67. The summed E-state index contributed by atoms with van der Waals surface area (Å²) in [5.41, 5.74) is 8.23. The number of pyridine rings is 1. The number of nitrogens with zero attached hydrogens (tertiary/aromatic N) is 1. The Balaban J connectivity index is 1.36. The molecule has 41 heavy (non-hydrogen) atoms. The van der Waals surface area contributed by atoms with E-state index in [-0.39, 0.29) is 0 Å². The molecule has 2 aliphatic rings. The maximum Gasteiger partial charge on any atom is 0.0353 e. The summed E-state index contributed by atoms with van der Waals surface area (Å²) in [4.78, 5) is 7.23. The Morgan fingerprint density at radius 1 is 0.610 bits per heavy atom. The van der Waals surface area contributed by atoms with Crippen LogP contribution < -0.4 is 0 Å². The Kier molecular flexibility index (Phi) is 5.02. The van der Waals surface area contributed by atoms with E-state index in [0.29, 0.717) is 0 Å². The second-order valence-electron chi connectivity index (χ2n) is 11.0. The average Bonchev–Trinajstić information content (AvgIpc) is 3.04. The minimum absolute atomic E-state index is 1.00. The fourth-order valence-corrected chi connectivity index (χ4v) is 8.25. The van der Waals surface area contributed by atoms with Crippen LogP contribution in [0.1, 0.15) is 23.1 Å². The van der Waals surface area contributed by atoms with Gasteiger partial charge in [0.2, 0.25) is 0 Å². The molecule has 0 bridgehead atoms. The molecule has 1 heterocycles. The molecule has 0 amide bonds. The van der Waals surface area contributed by atoms with E-state index >= 15 is 0 Å². The van der Waals surface area contributed by atoms with E-state index in [1.54, 1.807) is 0 Å². The third kappa shape index (κ3) is 3.41. The van der Waals surface area contributed by atoms with Crippen molar-refractivity contribution in [3.63, 3.8) is 0 Å².